The Labute approximate surface area is 414 Å². The molecule has 0 spiro atoms. The van der Waals surface area contributed by atoms with Gasteiger partial charge in [-0.1, -0.05) is 100 Å². The van der Waals surface area contributed by atoms with Crippen LogP contribution in [0, 0.1) is 54.3 Å². The lowest BCUT2D eigenvalue weighted by molar-refractivity contribution is -0.0835. The maximum absolute atomic E-state index is 4.24. The highest BCUT2D eigenvalue weighted by molar-refractivity contribution is 6.75. The minimum Gasteiger partial charge on any atom is -0.354 e. The number of hydrogen-bond acceptors (Lipinski definition) is 1. The van der Waals surface area contributed by atoms with E-state index in [9.17, 15) is 0 Å². The Balaban J connectivity index is 0.960. The first-order valence-corrected chi connectivity index (χ1v) is 27.8. The first-order valence-electron chi connectivity index (χ1n) is 27.8. The van der Waals surface area contributed by atoms with Gasteiger partial charge in [-0.3, -0.25) is 0 Å². The first-order chi connectivity index (χ1) is 34.0. The van der Waals surface area contributed by atoms with E-state index in [0.717, 1.165) is 54.6 Å². The summed E-state index contributed by atoms with van der Waals surface area (Å²) >= 11 is 0. The van der Waals surface area contributed by atoms with Crippen molar-refractivity contribution in [1.29, 1.82) is 0 Å². The SMILES string of the molecule is Cc1cc2c(cc1N1c3cc(-c4ccccc4)cc(-c4cc(C56CC7CC8CC(C5)C6C87)cc5c4[nH]c4ccc(C67C8CCC6CC7C8)cc45)c3Bc3c1ccc1ccccc31)C(C)(C)CCC2(C)C. The van der Waals surface area contributed by atoms with Crippen LogP contribution in [0.3, 0.4) is 0 Å². The topological polar surface area (TPSA) is 19.0 Å². The number of rotatable bonds is 5. The lowest BCUT2D eigenvalue weighted by atomic mass is 9.39. The van der Waals surface area contributed by atoms with Crippen molar-refractivity contribution in [1.82, 2.24) is 4.98 Å². The number of nitrogens with one attached hydrogen (secondary N) is 1. The van der Waals surface area contributed by atoms with E-state index in [2.05, 4.69) is 166 Å². The van der Waals surface area contributed by atoms with Crippen LogP contribution in [0.1, 0.15) is 120 Å². The highest BCUT2D eigenvalue weighted by Gasteiger charge is 2.73. The van der Waals surface area contributed by atoms with Crippen LogP contribution < -0.4 is 15.8 Å². The van der Waals surface area contributed by atoms with Crippen molar-refractivity contribution in [2.45, 2.75) is 120 Å². The van der Waals surface area contributed by atoms with Crippen molar-refractivity contribution < 1.29 is 0 Å². The molecule has 9 aliphatic rings. The van der Waals surface area contributed by atoms with E-state index in [1.54, 1.807) is 11.1 Å². The fourth-order valence-electron chi connectivity index (χ4n) is 19.5. The summed E-state index contributed by atoms with van der Waals surface area (Å²) in [5.41, 5.74) is 23.7. The summed E-state index contributed by atoms with van der Waals surface area (Å²) in [5.74, 6) is 7.40. The minimum absolute atomic E-state index is 0.0904. The van der Waals surface area contributed by atoms with Gasteiger partial charge in [0.25, 0.3) is 0 Å². The van der Waals surface area contributed by atoms with Crippen LogP contribution in [0.5, 0.6) is 0 Å². The van der Waals surface area contributed by atoms with Gasteiger partial charge < -0.3 is 9.88 Å². The Morgan fingerprint density at radius 3 is 2.11 bits per heavy atom. The van der Waals surface area contributed by atoms with E-state index in [1.165, 1.54) is 164 Å². The van der Waals surface area contributed by atoms with Crippen LogP contribution in [-0.2, 0) is 21.7 Å². The van der Waals surface area contributed by atoms with Gasteiger partial charge in [-0.15, -0.1) is 0 Å². The Hall–Kier alpha value is -5.54. The molecular weight excluding hydrogens is 844 g/mol. The molecule has 2 heterocycles. The van der Waals surface area contributed by atoms with E-state index in [1.807, 2.05) is 0 Å². The molecule has 8 aromatic rings. The van der Waals surface area contributed by atoms with Gasteiger partial charge in [0.05, 0.1) is 5.52 Å². The monoisotopic (exact) mass is 909 g/mol. The summed E-state index contributed by atoms with van der Waals surface area (Å²) in [7, 11) is 0.889. The predicted molar refractivity (Wildman–Crippen MR) is 294 cm³/mol. The van der Waals surface area contributed by atoms with E-state index < -0.39 is 0 Å². The number of aromatic amines is 1. The third kappa shape index (κ3) is 4.81. The van der Waals surface area contributed by atoms with Crippen molar-refractivity contribution in [2.24, 2.45) is 47.3 Å². The summed E-state index contributed by atoms with van der Waals surface area (Å²) in [4.78, 5) is 6.97. The molecule has 7 aromatic carbocycles. The number of hydrogen-bond donors (Lipinski definition) is 1. The zero-order valence-corrected chi connectivity index (χ0v) is 41.9. The van der Waals surface area contributed by atoms with Crippen LogP contribution in [0.15, 0.2) is 121 Å². The lowest BCUT2D eigenvalue weighted by Gasteiger charge is -2.65. The van der Waals surface area contributed by atoms with E-state index >= 15 is 0 Å². The smallest absolute Gasteiger partial charge is 0.199 e. The van der Waals surface area contributed by atoms with Gasteiger partial charge in [0.1, 0.15) is 0 Å². The van der Waals surface area contributed by atoms with Gasteiger partial charge in [0.2, 0.25) is 0 Å². The Bertz CT molecular complexity index is 3630. The zero-order valence-electron chi connectivity index (χ0n) is 41.9. The molecule has 0 amide bonds. The molecular formula is C67H65BN2. The maximum atomic E-state index is 4.24. The average molecular weight is 909 g/mol. The van der Waals surface area contributed by atoms with Crippen LogP contribution in [0.25, 0.3) is 54.8 Å². The molecule has 346 valence electrons. The summed E-state index contributed by atoms with van der Waals surface area (Å²) < 4.78 is 0. The molecule has 7 fully saturated rings. The second kappa shape index (κ2) is 13.1. The number of H-pyrrole nitrogens is 1. The van der Waals surface area contributed by atoms with Crippen molar-refractivity contribution in [3.63, 3.8) is 0 Å². The molecule has 7 saturated carbocycles. The number of anilines is 3. The molecule has 3 heteroatoms. The molecule has 1 aromatic heterocycles. The second-order valence-electron chi connectivity index (χ2n) is 26.5. The molecule has 17 rings (SSSR count). The molecule has 8 aliphatic carbocycles. The summed E-state index contributed by atoms with van der Waals surface area (Å²) in [6.07, 6.45) is 14.0. The van der Waals surface area contributed by atoms with Crippen LogP contribution >= 0.6 is 0 Å². The predicted octanol–water partition coefficient (Wildman–Crippen LogP) is 15.3. The van der Waals surface area contributed by atoms with E-state index in [0.29, 0.717) is 10.8 Å². The summed E-state index contributed by atoms with van der Waals surface area (Å²) in [5, 5.41) is 5.65. The van der Waals surface area contributed by atoms with Crippen LogP contribution in [0.2, 0.25) is 0 Å². The Kier molecular flexibility index (Phi) is 7.51. The molecule has 0 saturated heterocycles. The summed E-state index contributed by atoms with van der Waals surface area (Å²) in [6.45, 7) is 12.3. The number of fused-ring (bicyclic) bond motifs is 8. The zero-order chi connectivity index (χ0) is 46.4. The molecule has 0 radical (unpaired) electrons. The number of nitrogens with zero attached hydrogens (tertiary/aromatic N) is 1. The Morgan fingerprint density at radius 2 is 1.30 bits per heavy atom. The standard InChI is InChI=1S/C67H65BN2/c1-36-23-53-54(65(4,5)22-21-64(53,2)3)33-57(36)70-56-20-15-38-13-9-10-14-48(38)61(56)68-62-50(26-39(27-58(62)70)37-11-7-6-8-12-37)52-32-46(66-34-41-24-40-25-42(35-66)60(66)59(40)41)31-51-49-30-45(18-19-55(49)69-63(51)52)67-43-16-17-44(67)29-47(67)28-43/h6-15,18-20,23,26-27,30-33,40-44,47,59-60,68-69H,16-17,21-22,24-25,28-29,34-35H2,1-5H3. The molecule has 8 atom stereocenters. The molecule has 1 aliphatic heterocycles. The van der Waals surface area contributed by atoms with Gasteiger partial charge >= 0.3 is 0 Å². The van der Waals surface area contributed by atoms with Crippen LogP contribution in [0.4, 0.5) is 17.1 Å². The van der Waals surface area contributed by atoms with Crippen LogP contribution in [-0.4, -0.2) is 12.3 Å². The van der Waals surface area contributed by atoms with E-state index in [-0.39, 0.29) is 10.8 Å². The van der Waals surface area contributed by atoms with Crippen molar-refractivity contribution >= 4 is 67.8 Å². The maximum Gasteiger partial charge on any atom is 0.199 e. The second-order valence-corrected chi connectivity index (χ2v) is 26.5. The fourth-order valence-corrected chi connectivity index (χ4v) is 19.5. The molecule has 0 bridgehead atoms. The quantitative estimate of drug-likeness (QED) is 0.171. The van der Waals surface area contributed by atoms with Crippen molar-refractivity contribution in [3.8, 4) is 22.3 Å². The Morgan fingerprint density at radius 1 is 0.557 bits per heavy atom. The first kappa shape index (κ1) is 40.1. The third-order valence-corrected chi connectivity index (χ3v) is 22.8. The molecule has 1 N–H and O–H groups in total. The normalized spacial score (nSPS) is 32.5. The average Bonchev–Trinajstić information content (AvgIpc) is 3.88. The van der Waals surface area contributed by atoms with E-state index in [4.69, 9.17) is 0 Å². The number of aryl methyl sites for hydroxylation is 1. The molecule has 8 unspecified atom stereocenters. The third-order valence-electron chi connectivity index (χ3n) is 22.8. The summed E-state index contributed by atoms with van der Waals surface area (Å²) in [6, 6.07) is 49.1. The highest BCUT2D eigenvalue weighted by Crippen LogP contribution is 2.79. The largest absolute Gasteiger partial charge is 0.354 e. The van der Waals surface area contributed by atoms with Crippen molar-refractivity contribution in [3.05, 3.63) is 149 Å². The lowest BCUT2D eigenvalue weighted by Crippen LogP contribution is -2.61. The van der Waals surface area contributed by atoms with Crippen molar-refractivity contribution in [2.75, 3.05) is 4.90 Å². The van der Waals surface area contributed by atoms with Gasteiger partial charge in [-0.05, 0) is 249 Å². The number of aromatic nitrogens is 1. The van der Waals surface area contributed by atoms with Gasteiger partial charge in [-0.25, -0.2) is 0 Å². The van der Waals surface area contributed by atoms with Gasteiger partial charge in [-0.2, -0.15) is 0 Å². The van der Waals surface area contributed by atoms with Gasteiger partial charge in [0.15, 0.2) is 7.28 Å². The highest BCUT2D eigenvalue weighted by atomic mass is 15.2. The minimum atomic E-state index is 0.0904. The fraction of sp³-hybridized carbons (Fsp3) is 0.403. The number of benzene rings is 7. The molecule has 70 heavy (non-hydrogen) atoms. The molecule has 2 nitrogen and oxygen atoms in total. The van der Waals surface area contributed by atoms with Gasteiger partial charge in [0, 0.05) is 44.3 Å².